The highest BCUT2D eigenvalue weighted by Crippen LogP contribution is 2.24. The summed E-state index contributed by atoms with van der Waals surface area (Å²) in [4.78, 5) is 32.0. The molecule has 1 aliphatic carbocycles. The Balaban J connectivity index is 1.14. The molecule has 2 amide bonds. The molecule has 2 fully saturated rings. The normalized spacial score (nSPS) is 21.0. The number of aromatic nitrogens is 3. The van der Waals surface area contributed by atoms with E-state index in [1.54, 1.807) is 18.2 Å². The zero-order valence-corrected chi connectivity index (χ0v) is 23.5. The Labute approximate surface area is 234 Å². The minimum atomic E-state index is -2.93. The van der Waals surface area contributed by atoms with Gasteiger partial charge in [0.25, 0.3) is 5.91 Å². The number of hydrogen-bond acceptors (Lipinski definition) is 7. The third-order valence-corrected chi connectivity index (χ3v) is 9.36. The smallest absolute Gasteiger partial charge is 0.255 e. The topological polar surface area (TPSA) is 137 Å². The number of anilines is 1. The molecule has 2 aliphatic rings. The van der Waals surface area contributed by atoms with Crippen molar-refractivity contribution in [3.63, 3.8) is 0 Å². The Kier molecular flexibility index (Phi) is 8.60. The number of rotatable bonds is 8. The Hall–Kier alpha value is -3.57. The summed E-state index contributed by atoms with van der Waals surface area (Å²) >= 11 is 0. The molecule has 1 aromatic heterocycles. The van der Waals surface area contributed by atoms with Crippen LogP contribution < -0.4 is 10.6 Å². The molecule has 11 heteroatoms. The van der Waals surface area contributed by atoms with E-state index in [1.807, 2.05) is 30.3 Å². The number of nitrogens with zero attached hydrogens (tertiary/aromatic N) is 3. The summed E-state index contributed by atoms with van der Waals surface area (Å²) in [6.45, 7) is 3.80. The number of nitrogens with one attached hydrogen (secondary N) is 3. The summed E-state index contributed by atoms with van der Waals surface area (Å²) in [6.07, 6.45) is 4.70. The predicted octanol–water partition coefficient (Wildman–Crippen LogP) is 3.19. The first-order valence-corrected chi connectivity index (χ1v) is 15.7. The number of aromatic amines is 1. The SMILES string of the molecule is CC1CCCCC1NC(=O)Cc1nc(-c2ccc(NC(=O)c3cccc(CN4CCS(=O)(=O)CC4)c3)cc2)n[nH]1. The van der Waals surface area contributed by atoms with Crippen LogP contribution in [0.15, 0.2) is 48.5 Å². The fourth-order valence-electron chi connectivity index (χ4n) is 5.33. The second kappa shape index (κ2) is 12.3. The van der Waals surface area contributed by atoms with Gasteiger partial charge in [-0.25, -0.2) is 13.4 Å². The molecule has 2 unspecified atom stereocenters. The molecule has 40 heavy (non-hydrogen) atoms. The van der Waals surface area contributed by atoms with Crippen molar-refractivity contribution in [2.75, 3.05) is 29.9 Å². The van der Waals surface area contributed by atoms with E-state index < -0.39 is 9.84 Å². The maximum absolute atomic E-state index is 12.9. The first-order valence-electron chi connectivity index (χ1n) is 13.9. The summed E-state index contributed by atoms with van der Waals surface area (Å²) < 4.78 is 23.3. The highest BCUT2D eigenvalue weighted by Gasteiger charge is 2.24. The predicted molar refractivity (Wildman–Crippen MR) is 153 cm³/mol. The van der Waals surface area contributed by atoms with Gasteiger partial charge in [-0.3, -0.25) is 19.6 Å². The van der Waals surface area contributed by atoms with Crippen LogP contribution in [0, 0.1) is 5.92 Å². The molecular weight excluding hydrogens is 528 g/mol. The molecule has 212 valence electrons. The van der Waals surface area contributed by atoms with Crippen LogP contribution in [0.1, 0.15) is 54.4 Å². The van der Waals surface area contributed by atoms with E-state index in [9.17, 15) is 18.0 Å². The second-order valence-electron chi connectivity index (χ2n) is 10.9. The number of benzene rings is 2. The van der Waals surface area contributed by atoms with Crippen LogP contribution in [0.4, 0.5) is 5.69 Å². The lowest BCUT2D eigenvalue weighted by Gasteiger charge is -2.29. The zero-order chi connectivity index (χ0) is 28.1. The van der Waals surface area contributed by atoms with Crippen LogP contribution in [-0.4, -0.2) is 71.0 Å². The van der Waals surface area contributed by atoms with E-state index in [2.05, 4.69) is 37.6 Å². The molecule has 5 rings (SSSR count). The molecule has 2 atom stereocenters. The lowest BCUT2D eigenvalue weighted by Crippen LogP contribution is -2.41. The van der Waals surface area contributed by atoms with E-state index in [0.717, 1.165) is 30.4 Å². The van der Waals surface area contributed by atoms with Gasteiger partial charge >= 0.3 is 0 Å². The van der Waals surface area contributed by atoms with Crippen molar-refractivity contribution in [3.05, 3.63) is 65.5 Å². The first kappa shape index (κ1) is 28.0. The molecule has 0 bridgehead atoms. The average molecular weight is 565 g/mol. The monoisotopic (exact) mass is 564 g/mol. The fraction of sp³-hybridized carbons (Fsp3) is 0.448. The van der Waals surface area contributed by atoms with E-state index in [-0.39, 0.29) is 35.8 Å². The van der Waals surface area contributed by atoms with Gasteiger partial charge in [0.15, 0.2) is 15.7 Å². The highest BCUT2D eigenvalue weighted by molar-refractivity contribution is 7.91. The highest BCUT2D eigenvalue weighted by atomic mass is 32.2. The van der Waals surface area contributed by atoms with Crippen molar-refractivity contribution >= 4 is 27.3 Å². The van der Waals surface area contributed by atoms with E-state index in [0.29, 0.717) is 48.5 Å². The number of sulfone groups is 1. The van der Waals surface area contributed by atoms with Crippen LogP contribution in [0.2, 0.25) is 0 Å². The summed E-state index contributed by atoms with van der Waals surface area (Å²) in [5, 5.41) is 13.2. The molecule has 3 aromatic rings. The molecule has 1 aliphatic heterocycles. The van der Waals surface area contributed by atoms with E-state index in [4.69, 9.17) is 0 Å². The number of amides is 2. The lowest BCUT2D eigenvalue weighted by atomic mass is 9.86. The van der Waals surface area contributed by atoms with Gasteiger partial charge in [-0.2, -0.15) is 5.10 Å². The van der Waals surface area contributed by atoms with Crippen molar-refractivity contribution in [1.82, 2.24) is 25.4 Å². The number of carbonyl (C=O) groups excluding carboxylic acids is 2. The van der Waals surface area contributed by atoms with Gasteiger partial charge in [0, 0.05) is 42.5 Å². The third kappa shape index (κ3) is 7.33. The molecule has 2 aromatic carbocycles. The van der Waals surface area contributed by atoms with Gasteiger partial charge in [0.1, 0.15) is 5.82 Å². The largest absolute Gasteiger partial charge is 0.353 e. The maximum Gasteiger partial charge on any atom is 0.255 e. The first-order chi connectivity index (χ1) is 19.2. The van der Waals surface area contributed by atoms with Crippen LogP contribution in [0.5, 0.6) is 0 Å². The van der Waals surface area contributed by atoms with Crippen molar-refractivity contribution in [1.29, 1.82) is 0 Å². The molecule has 3 N–H and O–H groups in total. The molecular formula is C29H36N6O4S. The van der Waals surface area contributed by atoms with Crippen LogP contribution in [0.25, 0.3) is 11.4 Å². The minimum Gasteiger partial charge on any atom is -0.353 e. The zero-order valence-electron chi connectivity index (χ0n) is 22.7. The number of hydrogen-bond donors (Lipinski definition) is 3. The van der Waals surface area contributed by atoms with Gasteiger partial charge < -0.3 is 10.6 Å². The number of H-pyrrole nitrogens is 1. The van der Waals surface area contributed by atoms with Crippen LogP contribution in [-0.2, 0) is 27.6 Å². The van der Waals surface area contributed by atoms with Gasteiger partial charge in [-0.15, -0.1) is 0 Å². The Morgan fingerprint density at radius 3 is 2.55 bits per heavy atom. The molecule has 1 saturated heterocycles. The van der Waals surface area contributed by atoms with Gasteiger partial charge in [0.05, 0.1) is 17.9 Å². The third-order valence-electron chi connectivity index (χ3n) is 7.75. The van der Waals surface area contributed by atoms with Gasteiger partial charge in [0.2, 0.25) is 5.91 Å². The van der Waals surface area contributed by atoms with Crippen LogP contribution >= 0.6 is 0 Å². The quantitative estimate of drug-likeness (QED) is 0.382. The van der Waals surface area contributed by atoms with Gasteiger partial charge in [-0.05, 0) is 60.7 Å². The summed E-state index contributed by atoms with van der Waals surface area (Å²) in [5.74, 6) is 1.57. The summed E-state index contributed by atoms with van der Waals surface area (Å²) in [7, 11) is -2.93. The minimum absolute atomic E-state index is 0.0487. The van der Waals surface area contributed by atoms with Crippen molar-refractivity contribution < 1.29 is 18.0 Å². The second-order valence-corrected chi connectivity index (χ2v) is 13.2. The molecule has 1 saturated carbocycles. The summed E-state index contributed by atoms with van der Waals surface area (Å²) in [5.41, 5.74) is 2.90. The van der Waals surface area contributed by atoms with E-state index in [1.165, 1.54) is 6.42 Å². The van der Waals surface area contributed by atoms with Crippen molar-refractivity contribution in [3.8, 4) is 11.4 Å². The average Bonchev–Trinajstić information content (AvgIpc) is 3.40. The van der Waals surface area contributed by atoms with Gasteiger partial charge in [-0.1, -0.05) is 31.9 Å². The van der Waals surface area contributed by atoms with Crippen LogP contribution in [0.3, 0.4) is 0 Å². The Morgan fingerprint density at radius 2 is 1.80 bits per heavy atom. The molecule has 2 heterocycles. The Morgan fingerprint density at radius 1 is 1.05 bits per heavy atom. The maximum atomic E-state index is 12.9. The molecule has 10 nitrogen and oxygen atoms in total. The fourth-order valence-corrected chi connectivity index (χ4v) is 6.60. The standard InChI is InChI=1S/C29H36N6O4S/c1-20-5-2-3-8-25(20)31-27(36)18-26-32-28(34-33-26)22-9-11-24(12-10-22)30-29(37)23-7-4-6-21(17-23)19-35-13-15-40(38,39)16-14-35/h4,6-7,9-12,17,20,25H,2-3,5,8,13-16,18-19H2,1H3,(H,30,37)(H,31,36)(H,32,33,34). The molecule has 0 spiro atoms. The summed E-state index contributed by atoms with van der Waals surface area (Å²) in [6, 6.07) is 14.8. The number of carbonyl (C=O) groups is 2. The van der Waals surface area contributed by atoms with E-state index >= 15 is 0 Å². The van der Waals surface area contributed by atoms with Crippen molar-refractivity contribution in [2.45, 2.75) is 51.6 Å². The van der Waals surface area contributed by atoms with Crippen molar-refractivity contribution in [2.24, 2.45) is 5.92 Å². The Bertz CT molecular complexity index is 1440. The molecule has 0 radical (unpaired) electrons. The lowest BCUT2D eigenvalue weighted by molar-refractivity contribution is -0.121.